The van der Waals surface area contributed by atoms with E-state index in [1.165, 1.54) is 0 Å². The summed E-state index contributed by atoms with van der Waals surface area (Å²) in [5.74, 6) is -0.0543. The minimum Gasteiger partial charge on any atom is -0.441 e. The molecule has 3 heterocycles. The molecule has 2 aliphatic heterocycles. The average Bonchev–Trinajstić information content (AvgIpc) is 3.06. The minimum atomic E-state index is -0.406. The summed E-state index contributed by atoms with van der Waals surface area (Å²) in [5.41, 5.74) is 1.73. The predicted molar refractivity (Wildman–Crippen MR) is 96.8 cm³/mol. The zero-order chi connectivity index (χ0) is 18.7. The van der Waals surface area contributed by atoms with Gasteiger partial charge in [0.25, 0.3) is 0 Å². The van der Waals surface area contributed by atoms with Crippen molar-refractivity contribution in [2.24, 2.45) is 0 Å². The number of rotatable bonds is 6. The Bertz CT molecular complexity index is 666. The molecule has 0 aromatic carbocycles. The molecule has 2 saturated heterocycles. The van der Waals surface area contributed by atoms with Crippen molar-refractivity contribution < 1.29 is 14.3 Å². The second-order valence-electron chi connectivity index (χ2n) is 7.48. The number of ether oxygens (including phenoxy) is 1. The summed E-state index contributed by atoms with van der Waals surface area (Å²) in [6.45, 7) is 7.72. The van der Waals surface area contributed by atoms with Crippen molar-refractivity contribution >= 4 is 12.0 Å². The van der Waals surface area contributed by atoms with Gasteiger partial charge in [-0.05, 0) is 39.4 Å². The van der Waals surface area contributed by atoms with Gasteiger partial charge in [0.05, 0.1) is 12.2 Å². The van der Waals surface area contributed by atoms with Crippen LogP contribution in [0.25, 0.3) is 0 Å². The molecule has 1 spiro atoms. The van der Waals surface area contributed by atoms with Crippen molar-refractivity contribution in [3.8, 4) is 0 Å². The fourth-order valence-electron chi connectivity index (χ4n) is 3.73. The summed E-state index contributed by atoms with van der Waals surface area (Å²) < 4.78 is 7.57. The van der Waals surface area contributed by atoms with Crippen LogP contribution < -0.4 is 5.32 Å². The molecular formula is C18H29N5O3. The number of aryl methyl sites for hydroxylation is 3. The van der Waals surface area contributed by atoms with Crippen LogP contribution in [-0.2, 0) is 16.1 Å². The molecule has 0 unspecified atom stereocenters. The lowest BCUT2D eigenvalue weighted by molar-refractivity contribution is -0.130. The average molecular weight is 363 g/mol. The minimum absolute atomic E-state index is 0.0543. The Labute approximate surface area is 154 Å². The summed E-state index contributed by atoms with van der Waals surface area (Å²) in [5, 5.41) is 7.71. The number of likely N-dealkylation sites (N-methyl/N-ethyl adjacent to an activating group) is 1. The maximum absolute atomic E-state index is 12.5. The molecule has 2 amide bonds. The van der Waals surface area contributed by atoms with Crippen molar-refractivity contribution in [3.63, 3.8) is 0 Å². The van der Waals surface area contributed by atoms with Gasteiger partial charge in [-0.25, -0.2) is 4.79 Å². The van der Waals surface area contributed by atoms with Crippen molar-refractivity contribution in [1.82, 2.24) is 24.9 Å². The molecular weight excluding hydrogens is 334 g/mol. The van der Waals surface area contributed by atoms with E-state index in [1.54, 1.807) is 16.8 Å². The number of hydrogen-bond acceptors (Lipinski definition) is 5. The monoisotopic (exact) mass is 363 g/mol. The van der Waals surface area contributed by atoms with Crippen LogP contribution in [0.3, 0.4) is 0 Å². The highest BCUT2D eigenvalue weighted by molar-refractivity contribution is 5.83. The van der Waals surface area contributed by atoms with E-state index in [0.717, 1.165) is 50.3 Å². The van der Waals surface area contributed by atoms with E-state index in [9.17, 15) is 9.59 Å². The highest BCUT2D eigenvalue weighted by Crippen LogP contribution is 2.30. The lowest BCUT2D eigenvalue weighted by atomic mass is 9.92. The lowest BCUT2D eigenvalue weighted by Crippen LogP contribution is -2.46. The first-order valence-electron chi connectivity index (χ1n) is 9.32. The van der Waals surface area contributed by atoms with Gasteiger partial charge >= 0.3 is 6.09 Å². The predicted octanol–water partition coefficient (Wildman–Crippen LogP) is 0.923. The second kappa shape index (κ2) is 7.65. The molecule has 8 heteroatoms. The summed E-state index contributed by atoms with van der Waals surface area (Å²) in [7, 11) is 1.78. The molecule has 0 saturated carbocycles. The van der Waals surface area contributed by atoms with Crippen LogP contribution in [0.5, 0.6) is 0 Å². The third-order valence-corrected chi connectivity index (χ3v) is 5.27. The van der Waals surface area contributed by atoms with Gasteiger partial charge in [-0.15, -0.1) is 0 Å². The normalized spacial score (nSPS) is 19.0. The van der Waals surface area contributed by atoms with Crippen LogP contribution in [0.1, 0.15) is 30.7 Å². The van der Waals surface area contributed by atoms with E-state index in [0.29, 0.717) is 13.1 Å². The summed E-state index contributed by atoms with van der Waals surface area (Å²) in [4.78, 5) is 27.9. The fourth-order valence-corrected chi connectivity index (χ4v) is 3.73. The van der Waals surface area contributed by atoms with Gasteiger partial charge in [0, 0.05) is 38.7 Å². The molecule has 1 aromatic heterocycles. The van der Waals surface area contributed by atoms with E-state index in [-0.39, 0.29) is 18.5 Å². The fraction of sp³-hybridized carbons (Fsp3) is 0.722. The Morgan fingerprint density at radius 3 is 2.77 bits per heavy atom. The number of piperidine rings is 1. The molecule has 0 bridgehead atoms. The number of nitrogens with zero attached hydrogens (tertiary/aromatic N) is 4. The molecule has 3 rings (SSSR count). The Morgan fingerprint density at radius 2 is 2.12 bits per heavy atom. The zero-order valence-corrected chi connectivity index (χ0v) is 16.0. The second-order valence-corrected chi connectivity index (χ2v) is 7.48. The quantitative estimate of drug-likeness (QED) is 0.813. The van der Waals surface area contributed by atoms with E-state index >= 15 is 0 Å². The van der Waals surface area contributed by atoms with Crippen LogP contribution in [-0.4, -0.2) is 77.0 Å². The molecule has 2 aliphatic rings. The maximum atomic E-state index is 12.5. The van der Waals surface area contributed by atoms with Crippen LogP contribution in [0.15, 0.2) is 6.07 Å². The molecule has 144 valence electrons. The Morgan fingerprint density at radius 1 is 1.38 bits per heavy atom. The molecule has 1 aromatic rings. The van der Waals surface area contributed by atoms with Crippen LogP contribution in [0.4, 0.5) is 4.79 Å². The van der Waals surface area contributed by atoms with Crippen LogP contribution >= 0.6 is 0 Å². The van der Waals surface area contributed by atoms with E-state index < -0.39 is 5.60 Å². The van der Waals surface area contributed by atoms with Gasteiger partial charge in [0.15, 0.2) is 0 Å². The highest BCUT2D eigenvalue weighted by atomic mass is 16.6. The molecule has 0 atom stereocenters. The van der Waals surface area contributed by atoms with Gasteiger partial charge in [0.1, 0.15) is 12.1 Å². The Balaban J connectivity index is 1.45. The Kier molecular flexibility index (Phi) is 5.50. The van der Waals surface area contributed by atoms with Gasteiger partial charge < -0.3 is 15.0 Å². The third-order valence-electron chi connectivity index (χ3n) is 5.27. The van der Waals surface area contributed by atoms with Gasteiger partial charge in [-0.1, -0.05) is 0 Å². The van der Waals surface area contributed by atoms with E-state index in [4.69, 9.17) is 4.74 Å². The molecule has 0 aliphatic carbocycles. The molecule has 2 fully saturated rings. The summed E-state index contributed by atoms with van der Waals surface area (Å²) in [6.07, 6.45) is 2.07. The highest BCUT2D eigenvalue weighted by Gasteiger charge is 2.46. The third kappa shape index (κ3) is 4.17. The number of nitrogens with one attached hydrogen (secondary N) is 1. The summed E-state index contributed by atoms with van der Waals surface area (Å²) >= 11 is 0. The molecule has 8 nitrogen and oxygen atoms in total. The largest absolute Gasteiger partial charge is 0.441 e. The van der Waals surface area contributed by atoms with Crippen molar-refractivity contribution in [3.05, 3.63) is 17.5 Å². The standard InChI is InChI=1S/C18H29N5O3/c1-14-11-15(2)23(20-14)10-4-9-21(3)16(24)12-22-13-18(26-17(22)25)5-7-19-8-6-18/h11,19H,4-10,12-13H2,1-3H3. The summed E-state index contributed by atoms with van der Waals surface area (Å²) in [6, 6.07) is 2.05. The van der Waals surface area contributed by atoms with Crippen molar-refractivity contribution in [1.29, 1.82) is 0 Å². The topological polar surface area (TPSA) is 79.7 Å². The van der Waals surface area contributed by atoms with Gasteiger partial charge in [-0.2, -0.15) is 5.10 Å². The smallest absolute Gasteiger partial charge is 0.410 e. The lowest BCUT2D eigenvalue weighted by Gasteiger charge is -2.31. The van der Waals surface area contributed by atoms with Crippen molar-refractivity contribution in [2.75, 3.05) is 39.8 Å². The van der Waals surface area contributed by atoms with Crippen LogP contribution in [0.2, 0.25) is 0 Å². The van der Waals surface area contributed by atoms with Gasteiger partial charge in [0.2, 0.25) is 5.91 Å². The van der Waals surface area contributed by atoms with E-state index in [2.05, 4.69) is 10.4 Å². The SMILES string of the molecule is Cc1cc(C)n(CCCN(C)C(=O)CN2CC3(CCNCC3)OC2=O)n1. The van der Waals surface area contributed by atoms with E-state index in [1.807, 2.05) is 24.6 Å². The molecule has 1 N–H and O–H groups in total. The molecule has 0 radical (unpaired) electrons. The molecule has 26 heavy (non-hydrogen) atoms. The maximum Gasteiger partial charge on any atom is 0.410 e. The first-order chi connectivity index (χ1) is 12.4. The first kappa shape index (κ1) is 18.7. The zero-order valence-electron chi connectivity index (χ0n) is 16.0. The van der Waals surface area contributed by atoms with Crippen LogP contribution in [0, 0.1) is 13.8 Å². The number of carbonyl (C=O) groups is 2. The van der Waals surface area contributed by atoms with Gasteiger partial charge in [-0.3, -0.25) is 14.4 Å². The van der Waals surface area contributed by atoms with Crippen molar-refractivity contribution in [2.45, 2.75) is 45.3 Å². The first-order valence-corrected chi connectivity index (χ1v) is 9.32. The number of amides is 2. The number of aromatic nitrogens is 2. The number of carbonyl (C=O) groups excluding carboxylic acids is 2. The number of hydrogen-bond donors (Lipinski definition) is 1. The Hall–Kier alpha value is -2.09.